The molecular formula is C27H24N2O4S. The van der Waals surface area contributed by atoms with Gasteiger partial charge < -0.3 is 9.47 Å². The number of methoxy groups -OCH3 is 1. The molecule has 1 saturated heterocycles. The summed E-state index contributed by atoms with van der Waals surface area (Å²) in [5, 5.41) is 2.66. The van der Waals surface area contributed by atoms with Gasteiger partial charge in [-0.25, -0.2) is 0 Å². The second-order valence-electron chi connectivity index (χ2n) is 7.66. The molecule has 2 amide bonds. The van der Waals surface area contributed by atoms with E-state index in [0.29, 0.717) is 29.4 Å². The SMILES string of the molecule is CCc1ccc(N2C(=O)C(=Cc3ccc(OCc4ccccc4)c(OC)c3)C(=O)NC2=S)cc1. The highest BCUT2D eigenvalue weighted by atomic mass is 32.1. The molecule has 1 heterocycles. The molecule has 0 atom stereocenters. The van der Waals surface area contributed by atoms with E-state index in [4.69, 9.17) is 21.7 Å². The summed E-state index contributed by atoms with van der Waals surface area (Å²) in [7, 11) is 1.54. The first kappa shape index (κ1) is 23.2. The van der Waals surface area contributed by atoms with Gasteiger partial charge in [-0.3, -0.25) is 19.8 Å². The number of carbonyl (C=O) groups is 2. The van der Waals surface area contributed by atoms with Crippen molar-refractivity contribution in [3.05, 3.63) is 95.1 Å². The van der Waals surface area contributed by atoms with Crippen molar-refractivity contribution >= 4 is 40.9 Å². The summed E-state index contributed by atoms with van der Waals surface area (Å²) < 4.78 is 11.4. The van der Waals surface area contributed by atoms with E-state index in [9.17, 15) is 9.59 Å². The van der Waals surface area contributed by atoms with Gasteiger partial charge >= 0.3 is 0 Å². The molecule has 0 unspecified atom stereocenters. The highest BCUT2D eigenvalue weighted by Crippen LogP contribution is 2.30. The van der Waals surface area contributed by atoms with Crippen molar-refractivity contribution in [1.82, 2.24) is 5.32 Å². The molecule has 7 heteroatoms. The van der Waals surface area contributed by atoms with Gasteiger partial charge in [0, 0.05) is 0 Å². The van der Waals surface area contributed by atoms with E-state index < -0.39 is 11.8 Å². The molecule has 0 bridgehead atoms. The van der Waals surface area contributed by atoms with Gasteiger partial charge in [0.05, 0.1) is 12.8 Å². The fourth-order valence-corrected chi connectivity index (χ4v) is 3.85. The van der Waals surface area contributed by atoms with Crippen LogP contribution in [0.5, 0.6) is 11.5 Å². The summed E-state index contributed by atoms with van der Waals surface area (Å²) in [6.45, 7) is 2.45. The van der Waals surface area contributed by atoms with Gasteiger partial charge in [0.25, 0.3) is 11.8 Å². The van der Waals surface area contributed by atoms with Gasteiger partial charge in [0.1, 0.15) is 12.2 Å². The van der Waals surface area contributed by atoms with Crippen molar-refractivity contribution in [3.8, 4) is 11.5 Å². The Morgan fingerprint density at radius 3 is 2.35 bits per heavy atom. The molecule has 1 fully saturated rings. The Bertz CT molecular complexity index is 1250. The minimum Gasteiger partial charge on any atom is -0.493 e. The summed E-state index contributed by atoms with van der Waals surface area (Å²) >= 11 is 5.28. The third-order valence-electron chi connectivity index (χ3n) is 5.44. The van der Waals surface area contributed by atoms with Crippen molar-refractivity contribution in [1.29, 1.82) is 0 Å². The molecule has 1 aliphatic rings. The van der Waals surface area contributed by atoms with Gasteiger partial charge in [-0.15, -0.1) is 0 Å². The Hall–Kier alpha value is -3.97. The standard InChI is InChI=1S/C27H24N2O4S/c1-3-18-9-12-21(13-10-18)29-26(31)22(25(30)28-27(29)34)15-20-11-14-23(24(16-20)32-2)33-17-19-7-5-4-6-8-19/h4-16H,3,17H2,1-2H3,(H,28,30,34). The molecule has 6 nitrogen and oxygen atoms in total. The van der Waals surface area contributed by atoms with E-state index in [0.717, 1.165) is 17.5 Å². The van der Waals surface area contributed by atoms with Crippen molar-refractivity contribution < 1.29 is 19.1 Å². The zero-order chi connectivity index (χ0) is 24.1. The first-order valence-corrected chi connectivity index (χ1v) is 11.3. The number of amides is 2. The molecule has 0 aromatic heterocycles. The molecule has 1 N–H and O–H groups in total. The maximum absolute atomic E-state index is 13.2. The van der Waals surface area contributed by atoms with Crippen LogP contribution in [0.15, 0.2) is 78.4 Å². The third-order valence-corrected chi connectivity index (χ3v) is 5.72. The van der Waals surface area contributed by atoms with E-state index in [1.165, 1.54) is 11.0 Å². The Labute approximate surface area is 203 Å². The summed E-state index contributed by atoms with van der Waals surface area (Å²) in [6.07, 6.45) is 2.41. The normalized spacial score (nSPS) is 14.8. The van der Waals surface area contributed by atoms with E-state index in [-0.39, 0.29) is 10.7 Å². The maximum Gasteiger partial charge on any atom is 0.270 e. The van der Waals surface area contributed by atoms with Gasteiger partial charge in [-0.05, 0) is 65.7 Å². The molecule has 4 rings (SSSR count). The number of ether oxygens (including phenoxy) is 2. The second-order valence-corrected chi connectivity index (χ2v) is 8.05. The number of hydrogen-bond donors (Lipinski definition) is 1. The average Bonchev–Trinajstić information content (AvgIpc) is 2.86. The summed E-state index contributed by atoms with van der Waals surface area (Å²) in [5.41, 5.74) is 3.37. The highest BCUT2D eigenvalue weighted by molar-refractivity contribution is 7.80. The largest absolute Gasteiger partial charge is 0.493 e. The molecular weight excluding hydrogens is 448 g/mol. The molecule has 0 radical (unpaired) electrons. The number of thiocarbonyl (C=S) groups is 1. The number of hydrogen-bond acceptors (Lipinski definition) is 5. The number of nitrogens with zero attached hydrogens (tertiary/aromatic N) is 1. The van der Waals surface area contributed by atoms with Crippen LogP contribution < -0.4 is 19.7 Å². The lowest BCUT2D eigenvalue weighted by atomic mass is 10.1. The van der Waals surface area contributed by atoms with Gasteiger partial charge in [-0.2, -0.15) is 0 Å². The fourth-order valence-electron chi connectivity index (χ4n) is 3.57. The molecule has 34 heavy (non-hydrogen) atoms. The van der Waals surface area contributed by atoms with E-state index in [1.807, 2.05) is 54.6 Å². The van der Waals surface area contributed by atoms with Crippen molar-refractivity contribution in [2.75, 3.05) is 12.0 Å². The third kappa shape index (κ3) is 5.00. The Morgan fingerprint density at radius 1 is 0.941 bits per heavy atom. The minimum atomic E-state index is -0.542. The smallest absolute Gasteiger partial charge is 0.270 e. The predicted octanol–water partition coefficient (Wildman–Crippen LogP) is 4.67. The van der Waals surface area contributed by atoms with Crippen LogP contribution in [-0.4, -0.2) is 24.0 Å². The van der Waals surface area contributed by atoms with Crippen LogP contribution >= 0.6 is 12.2 Å². The van der Waals surface area contributed by atoms with Crippen molar-refractivity contribution in [3.63, 3.8) is 0 Å². The van der Waals surface area contributed by atoms with Crippen LogP contribution in [0.3, 0.4) is 0 Å². The number of benzene rings is 3. The maximum atomic E-state index is 13.2. The Kier molecular flexibility index (Phi) is 7.04. The number of aryl methyl sites for hydroxylation is 1. The van der Waals surface area contributed by atoms with Gasteiger partial charge in [0.2, 0.25) is 0 Å². The zero-order valence-electron chi connectivity index (χ0n) is 18.9. The van der Waals surface area contributed by atoms with Gasteiger partial charge in [-0.1, -0.05) is 55.5 Å². The van der Waals surface area contributed by atoms with Crippen LogP contribution in [-0.2, 0) is 22.6 Å². The van der Waals surface area contributed by atoms with E-state index in [2.05, 4.69) is 12.2 Å². The lowest BCUT2D eigenvalue weighted by molar-refractivity contribution is -0.122. The lowest BCUT2D eigenvalue weighted by Crippen LogP contribution is -2.54. The first-order valence-electron chi connectivity index (χ1n) is 10.9. The molecule has 3 aromatic rings. The Balaban J connectivity index is 1.59. The second kappa shape index (κ2) is 10.3. The predicted molar refractivity (Wildman–Crippen MR) is 136 cm³/mol. The summed E-state index contributed by atoms with van der Waals surface area (Å²) in [5.74, 6) is 0.0318. The monoisotopic (exact) mass is 472 g/mol. The molecule has 3 aromatic carbocycles. The first-order chi connectivity index (χ1) is 16.5. The van der Waals surface area contributed by atoms with Crippen LogP contribution in [0, 0.1) is 0 Å². The van der Waals surface area contributed by atoms with Crippen LogP contribution in [0.25, 0.3) is 6.08 Å². The van der Waals surface area contributed by atoms with Crippen molar-refractivity contribution in [2.45, 2.75) is 20.0 Å². The minimum absolute atomic E-state index is 0.0202. The summed E-state index contributed by atoms with van der Waals surface area (Å²) in [4.78, 5) is 27.2. The highest BCUT2D eigenvalue weighted by Gasteiger charge is 2.34. The van der Waals surface area contributed by atoms with Crippen LogP contribution in [0.4, 0.5) is 5.69 Å². The number of rotatable bonds is 7. The summed E-state index contributed by atoms with van der Waals surface area (Å²) in [6, 6.07) is 22.6. The average molecular weight is 473 g/mol. The zero-order valence-corrected chi connectivity index (χ0v) is 19.7. The van der Waals surface area contributed by atoms with E-state index >= 15 is 0 Å². The molecule has 0 aliphatic carbocycles. The van der Waals surface area contributed by atoms with Crippen molar-refractivity contribution in [2.24, 2.45) is 0 Å². The van der Waals surface area contributed by atoms with Gasteiger partial charge in [0.15, 0.2) is 16.6 Å². The number of anilines is 1. The quantitative estimate of drug-likeness (QED) is 0.308. The molecule has 1 aliphatic heterocycles. The molecule has 0 saturated carbocycles. The topological polar surface area (TPSA) is 67.9 Å². The number of nitrogens with one attached hydrogen (secondary N) is 1. The fraction of sp³-hybridized carbons (Fsp3) is 0.148. The van der Waals surface area contributed by atoms with E-state index in [1.54, 1.807) is 25.3 Å². The molecule has 0 spiro atoms. The lowest BCUT2D eigenvalue weighted by Gasteiger charge is -2.29. The van der Waals surface area contributed by atoms with Crippen LogP contribution in [0.2, 0.25) is 0 Å². The molecule has 172 valence electrons. The number of carbonyl (C=O) groups excluding carboxylic acids is 2. The van der Waals surface area contributed by atoms with Crippen LogP contribution in [0.1, 0.15) is 23.6 Å². The Morgan fingerprint density at radius 2 is 1.68 bits per heavy atom.